The second-order valence-electron chi connectivity index (χ2n) is 8.32. The van der Waals surface area contributed by atoms with Crippen molar-refractivity contribution in [1.29, 1.82) is 0 Å². The number of fused-ring (bicyclic) bond motifs is 2. The molecule has 5 heterocycles. The van der Waals surface area contributed by atoms with Crippen molar-refractivity contribution in [3.8, 4) is 5.75 Å². The maximum absolute atomic E-state index is 13.7. The summed E-state index contributed by atoms with van der Waals surface area (Å²) in [6.45, 7) is 5.38. The van der Waals surface area contributed by atoms with Crippen LogP contribution < -0.4 is 20.9 Å². The van der Waals surface area contributed by atoms with Crippen molar-refractivity contribution in [2.75, 3.05) is 38.1 Å². The number of nitrogens with zero attached hydrogens (tertiary/aromatic N) is 4. The molecule has 0 amide bonds. The number of anilines is 1. The van der Waals surface area contributed by atoms with E-state index in [1.807, 2.05) is 12.3 Å². The summed E-state index contributed by atoms with van der Waals surface area (Å²) in [6, 6.07) is 6.96. The fourth-order valence-electron chi connectivity index (χ4n) is 4.40. The van der Waals surface area contributed by atoms with Gasteiger partial charge in [0, 0.05) is 50.4 Å². The minimum Gasteiger partial charge on any atom is -0.489 e. The highest BCUT2D eigenvalue weighted by Crippen LogP contribution is 2.26. The van der Waals surface area contributed by atoms with Crippen molar-refractivity contribution in [1.82, 2.24) is 24.8 Å². The number of halogens is 1. The fourth-order valence-corrected chi connectivity index (χ4v) is 4.40. The van der Waals surface area contributed by atoms with Gasteiger partial charge in [-0.1, -0.05) is 0 Å². The van der Waals surface area contributed by atoms with Gasteiger partial charge in [0.05, 0.1) is 34.8 Å². The van der Waals surface area contributed by atoms with Gasteiger partial charge in [-0.15, -0.1) is 0 Å². The third-order valence-electron chi connectivity index (χ3n) is 6.20. The monoisotopic (exact) mass is 438 g/mol. The number of hydrogen-bond donors (Lipinski definition) is 2. The van der Waals surface area contributed by atoms with Gasteiger partial charge in [-0.3, -0.25) is 14.8 Å². The Bertz CT molecular complexity index is 1160. The predicted molar refractivity (Wildman–Crippen MR) is 120 cm³/mol. The van der Waals surface area contributed by atoms with Crippen LogP contribution in [0.15, 0.2) is 41.5 Å². The molecule has 32 heavy (non-hydrogen) atoms. The van der Waals surface area contributed by atoms with Crippen LogP contribution >= 0.6 is 0 Å². The van der Waals surface area contributed by atoms with E-state index < -0.39 is 5.82 Å². The van der Waals surface area contributed by atoms with E-state index in [0.29, 0.717) is 36.8 Å². The van der Waals surface area contributed by atoms with Crippen LogP contribution in [-0.2, 0) is 13.1 Å². The molecule has 0 spiro atoms. The van der Waals surface area contributed by atoms with Gasteiger partial charge in [-0.05, 0) is 32.0 Å². The van der Waals surface area contributed by atoms with Crippen LogP contribution in [0.2, 0.25) is 0 Å². The first-order chi connectivity index (χ1) is 15.7. The number of nitrogens with one attached hydrogen (secondary N) is 2. The Balaban J connectivity index is 1.13. The highest BCUT2D eigenvalue weighted by Gasteiger charge is 2.19. The Hall–Kier alpha value is -3.04. The zero-order valence-electron chi connectivity index (χ0n) is 17.9. The molecule has 0 saturated carbocycles. The molecule has 2 N–H and O–H groups in total. The number of ether oxygens (including phenoxy) is 1. The van der Waals surface area contributed by atoms with Crippen LogP contribution in [0.25, 0.3) is 11.0 Å². The molecule has 1 saturated heterocycles. The van der Waals surface area contributed by atoms with Crippen LogP contribution in [0.5, 0.6) is 5.75 Å². The summed E-state index contributed by atoms with van der Waals surface area (Å²) in [5, 5.41) is 6.89. The Kier molecular flexibility index (Phi) is 6.00. The third kappa shape index (κ3) is 4.58. The van der Waals surface area contributed by atoms with Crippen molar-refractivity contribution in [2.45, 2.75) is 32.0 Å². The zero-order chi connectivity index (χ0) is 21.9. The summed E-state index contributed by atoms with van der Waals surface area (Å²) < 4.78 is 21.0. The largest absolute Gasteiger partial charge is 0.489 e. The second kappa shape index (κ2) is 9.22. The lowest BCUT2D eigenvalue weighted by molar-refractivity contribution is 0.191. The van der Waals surface area contributed by atoms with E-state index in [-0.39, 0.29) is 5.56 Å². The van der Waals surface area contributed by atoms with E-state index in [1.54, 1.807) is 10.6 Å². The lowest BCUT2D eigenvalue weighted by Crippen LogP contribution is -2.43. The van der Waals surface area contributed by atoms with Gasteiger partial charge in [0.25, 0.3) is 5.56 Å². The van der Waals surface area contributed by atoms with Gasteiger partial charge in [-0.2, -0.15) is 0 Å². The molecule has 5 rings (SSSR count). The van der Waals surface area contributed by atoms with Crippen LogP contribution in [0.1, 0.15) is 18.5 Å². The fraction of sp³-hybridized carbons (Fsp3) is 0.435. The summed E-state index contributed by atoms with van der Waals surface area (Å²) in [6.07, 6.45) is 5.08. The molecule has 0 aliphatic carbocycles. The molecule has 8 nitrogen and oxygen atoms in total. The van der Waals surface area contributed by atoms with Gasteiger partial charge >= 0.3 is 0 Å². The highest BCUT2D eigenvalue weighted by atomic mass is 19.1. The van der Waals surface area contributed by atoms with Gasteiger partial charge in [0.2, 0.25) is 0 Å². The number of rotatable bonds is 6. The molecule has 0 atom stereocenters. The zero-order valence-corrected chi connectivity index (χ0v) is 17.9. The van der Waals surface area contributed by atoms with E-state index in [2.05, 4.69) is 25.5 Å². The van der Waals surface area contributed by atoms with Crippen molar-refractivity contribution in [3.63, 3.8) is 0 Å². The first kappa shape index (κ1) is 20.8. The number of hydrogen-bond acceptors (Lipinski definition) is 7. The third-order valence-corrected chi connectivity index (χ3v) is 6.20. The smallest absolute Gasteiger partial charge is 0.251 e. The van der Waals surface area contributed by atoms with Crippen molar-refractivity contribution < 1.29 is 9.13 Å². The standard InChI is InChI=1S/C23H27FN6O2/c24-16-11-21-19(28-13-16)1-2-23(31)30(21)9-8-29-6-3-17(4-7-29)26-14-18-12-22-20(15-27-18)25-5-10-32-22/h1-2,11-13,15,17,25-26H,3-10,14H2. The van der Waals surface area contributed by atoms with Gasteiger partial charge in [-0.25, -0.2) is 4.39 Å². The van der Waals surface area contributed by atoms with Crippen LogP contribution in [0.4, 0.5) is 10.1 Å². The topological polar surface area (TPSA) is 84.3 Å². The average molecular weight is 439 g/mol. The van der Waals surface area contributed by atoms with E-state index in [9.17, 15) is 9.18 Å². The minimum atomic E-state index is -0.431. The van der Waals surface area contributed by atoms with E-state index in [1.165, 1.54) is 18.3 Å². The van der Waals surface area contributed by atoms with Gasteiger partial charge in [0.1, 0.15) is 18.2 Å². The molecule has 3 aromatic heterocycles. The molecule has 3 aromatic rings. The summed E-state index contributed by atoms with van der Waals surface area (Å²) >= 11 is 0. The van der Waals surface area contributed by atoms with Crippen LogP contribution in [0.3, 0.4) is 0 Å². The molecule has 9 heteroatoms. The Labute approximate surface area is 185 Å². The molecular weight excluding hydrogens is 411 g/mol. The molecule has 1 fully saturated rings. The molecule has 0 aromatic carbocycles. The first-order valence-corrected chi connectivity index (χ1v) is 11.1. The van der Waals surface area contributed by atoms with Gasteiger partial charge in [0.15, 0.2) is 0 Å². The lowest BCUT2D eigenvalue weighted by atomic mass is 10.0. The summed E-state index contributed by atoms with van der Waals surface area (Å²) in [5.41, 5.74) is 2.98. The Morgan fingerprint density at radius 3 is 2.91 bits per heavy atom. The first-order valence-electron chi connectivity index (χ1n) is 11.1. The molecule has 0 unspecified atom stereocenters. The molecule has 0 bridgehead atoms. The minimum absolute atomic E-state index is 0.127. The molecular formula is C23H27FN6O2. The van der Waals surface area contributed by atoms with E-state index in [0.717, 1.165) is 56.2 Å². The maximum atomic E-state index is 13.7. The average Bonchev–Trinajstić information content (AvgIpc) is 2.82. The molecule has 2 aliphatic rings. The molecule has 0 radical (unpaired) electrons. The summed E-state index contributed by atoms with van der Waals surface area (Å²) in [5.74, 6) is 0.441. The van der Waals surface area contributed by atoms with E-state index in [4.69, 9.17) is 4.74 Å². The number of aromatic nitrogens is 3. The van der Waals surface area contributed by atoms with Crippen LogP contribution in [-0.4, -0.2) is 58.3 Å². The highest BCUT2D eigenvalue weighted by molar-refractivity contribution is 5.74. The Morgan fingerprint density at radius 2 is 2.03 bits per heavy atom. The second-order valence-corrected chi connectivity index (χ2v) is 8.32. The molecule has 2 aliphatic heterocycles. The Morgan fingerprint density at radius 1 is 1.16 bits per heavy atom. The number of likely N-dealkylation sites (tertiary alicyclic amines) is 1. The summed E-state index contributed by atoms with van der Waals surface area (Å²) in [7, 11) is 0. The predicted octanol–water partition coefficient (Wildman–Crippen LogP) is 1.99. The normalized spacial score (nSPS) is 17.0. The number of piperidine rings is 1. The maximum Gasteiger partial charge on any atom is 0.251 e. The van der Waals surface area contributed by atoms with Crippen LogP contribution in [0, 0.1) is 5.82 Å². The quantitative estimate of drug-likeness (QED) is 0.609. The van der Waals surface area contributed by atoms with Crippen molar-refractivity contribution in [3.05, 3.63) is 58.5 Å². The lowest BCUT2D eigenvalue weighted by Gasteiger charge is -2.32. The number of pyridine rings is 3. The van der Waals surface area contributed by atoms with Gasteiger partial charge < -0.3 is 24.8 Å². The summed E-state index contributed by atoms with van der Waals surface area (Å²) in [4.78, 5) is 23.3. The van der Waals surface area contributed by atoms with Crippen molar-refractivity contribution >= 4 is 16.7 Å². The van der Waals surface area contributed by atoms with Crippen molar-refractivity contribution in [2.24, 2.45) is 0 Å². The SMILES string of the molecule is O=c1ccc2ncc(F)cc2n1CCN1CCC(NCc2cc3c(cn2)NCCO3)CC1. The molecule has 168 valence electrons. The van der Waals surface area contributed by atoms with E-state index >= 15 is 0 Å².